The van der Waals surface area contributed by atoms with Gasteiger partial charge in [0.25, 0.3) is 0 Å². The van der Waals surface area contributed by atoms with Crippen molar-refractivity contribution in [3.63, 3.8) is 0 Å². The van der Waals surface area contributed by atoms with Gasteiger partial charge in [0, 0.05) is 0 Å². The number of hydrogen-bond acceptors (Lipinski definition) is 3. The molecular formula is C18H42O3P2. The second-order valence-corrected chi connectivity index (χ2v) is 13.9. The Bertz CT molecular complexity index is 257. The average Bonchev–Trinajstić information content (AvgIpc) is 2.57. The minimum atomic E-state index is -2.23. The maximum atomic E-state index is 6.91. The van der Waals surface area contributed by atoms with E-state index in [-0.39, 0.29) is 0 Å². The van der Waals surface area contributed by atoms with Gasteiger partial charge in [-0.25, -0.2) is 0 Å². The van der Waals surface area contributed by atoms with Gasteiger partial charge in [0.2, 0.25) is 0 Å². The van der Waals surface area contributed by atoms with Crippen molar-refractivity contribution < 1.29 is 13.4 Å². The van der Waals surface area contributed by atoms with Crippen molar-refractivity contribution in [3.8, 4) is 0 Å². The molecule has 0 unspecified atom stereocenters. The average molecular weight is 368 g/mol. The van der Waals surface area contributed by atoms with Gasteiger partial charge in [0.05, 0.1) is 0 Å². The molecular weight excluding hydrogens is 326 g/mol. The molecule has 0 bridgehead atoms. The van der Waals surface area contributed by atoms with Crippen molar-refractivity contribution >= 4 is 15.4 Å². The van der Waals surface area contributed by atoms with Gasteiger partial charge in [-0.15, -0.1) is 0 Å². The first-order valence-electron chi connectivity index (χ1n) is 9.82. The molecule has 0 atom stereocenters. The van der Waals surface area contributed by atoms with Gasteiger partial charge >= 0.3 is 147 Å². The second-order valence-electron chi connectivity index (χ2n) is 6.55. The van der Waals surface area contributed by atoms with E-state index in [1.54, 1.807) is 0 Å². The third-order valence-corrected chi connectivity index (χ3v) is 14.1. The Kier molecular flexibility index (Phi) is 13.4. The van der Waals surface area contributed by atoms with Gasteiger partial charge < -0.3 is 0 Å². The van der Waals surface area contributed by atoms with Crippen LogP contribution < -0.4 is 0 Å². The maximum absolute atomic E-state index is 6.91. The third kappa shape index (κ3) is 8.10. The molecule has 142 valence electrons. The molecule has 5 heteroatoms. The normalized spacial score (nSPS) is 14.1. The SMILES string of the molecule is CCCCP(CC)(CCCC)(CCCC)OP(OCC)OCC. The van der Waals surface area contributed by atoms with Crippen molar-refractivity contribution in [3.05, 3.63) is 0 Å². The fourth-order valence-electron chi connectivity index (χ4n) is 3.15. The summed E-state index contributed by atoms with van der Waals surface area (Å²) in [6.45, 7) is 12.4. The van der Waals surface area contributed by atoms with E-state index in [2.05, 4.69) is 27.7 Å². The zero-order valence-electron chi connectivity index (χ0n) is 16.6. The summed E-state index contributed by atoms with van der Waals surface area (Å²) in [6, 6.07) is 0. The molecule has 0 heterocycles. The van der Waals surface area contributed by atoms with E-state index in [0.29, 0.717) is 13.2 Å². The molecule has 3 nitrogen and oxygen atoms in total. The summed E-state index contributed by atoms with van der Waals surface area (Å²) in [5, 5.41) is 0. The fourth-order valence-corrected chi connectivity index (χ4v) is 11.9. The van der Waals surface area contributed by atoms with Gasteiger partial charge in [0.15, 0.2) is 0 Å². The summed E-state index contributed by atoms with van der Waals surface area (Å²) in [6.07, 6.45) is 12.4. The first kappa shape index (κ1) is 23.7. The molecule has 0 saturated heterocycles. The number of rotatable bonds is 16. The summed E-state index contributed by atoms with van der Waals surface area (Å²) in [4.78, 5) is 0. The summed E-state index contributed by atoms with van der Waals surface area (Å²) in [5.74, 6) is 0. The van der Waals surface area contributed by atoms with Crippen LogP contribution in [0.2, 0.25) is 0 Å². The summed E-state index contributed by atoms with van der Waals surface area (Å²) in [5.41, 5.74) is 0. The second kappa shape index (κ2) is 13.0. The Balaban J connectivity index is 5.51. The van der Waals surface area contributed by atoms with Crippen LogP contribution in [0.25, 0.3) is 0 Å². The summed E-state index contributed by atoms with van der Waals surface area (Å²) in [7, 11) is -1.19. The van der Waals surface area contributed by atoms with Crippen molar-refractivity contribution in [2.24, 2.45) is 0 Å². The van der Waals surface area contributed by atoms with Crippen molar-refractivity contribution in [2.45, 2.75) is 80.1 Å². The van der Waals surface area contributed by atoms with E-state index >= 15 is 0 Å². The standard InChI is InChI=1S/C18H42O3P2/c1-7-13-16-23(12-6,17-14-8-2,18-15-9-3)21-22(19-10-4)20-11-5/h7-18H2,1-6H3. The third-order valence-electron chi connectivity index (χ3n) is 4.80. The van der Waals surface area contributed by atoms with Crippen LogP contribution in [0.4, 0.5) is 0 Å². The monoisotopic (exact) mass is 368 g/mol. The minimum absolute atomic E-state index is 0.664. The van der Waals surface area contributed by atoms with Crippen LogP contribution in [0.1, 0.15) is 80.1 Å². The van der Waals surface area contributed by atoms with E-state index in [0.717, 1.165) is 0 Å². The van der Waals surface area contributed by atoms with Gasteiger partial charge in [-0.05, 0) is 0 Å². The quantitative estimate of drug-likeness (QED) is 0.270. The molecule has 0 aromatic carbocycles. The molecule has 0 saturated carbocycles. The Morgan fingerprint density at radius 1 is 0.652 bits per heavy atom. The molecule has 0 radical (unpaired) electrons. The van der Waals surface area contributed by atoms with Crippen LogP contribution in [0.15, 0.2) is 0 Å². The molecule has 0 fully saturated rings. The molecule has 0 aromatic rings. The van der Waals surface area contributed by atoms with Gasteiger partial charge in [-0.3, -0.25) is 0 Å². The van der Waals surface area contributed by atoms with Crippen LogP contribution in [0.5, 0.6) is 0 Å². The molecule has 0 rings (SSSR count). The summed E-state index contributed by atoms with van der Waals surface area (Å²) >= 11 is 0. The van der Waals surface area contributed by atoms with Crippen LogP contribution in [-0.4, -0.2) is 37.9 Å². The Labute approximate surface area is 147 Å². The predicted octanol–water partition coefficient (Wildman–Crippen LogP) is 7.19. The van der Waals surface area contributed by atoms with Crippen LogP contribution >= 0.6 is 15.4 Å². The van der Waals surface area contributed by atoms with Gasteiger partial charge in [-0.1, -0.05) is 0 Å². The molecule has 0 aliphatic heterocycles. The van der Waals surface area contributed by atoms with Crippen LogP contribution in [0.3, 0.4) is 0 Å². The van der Waals surface area contributed by atoms with E-state index in [1.807, 2.05) is 13.8 Å². The topological polar surface area (TPSA) is 27.7 Å². The summed E-state index contributed by atoms with van der Waals surface area (Å²) < 4.78 is 18.6. The zero-order valence-corrected chi connectivity index (χ0v) is 18.4. The number of unbranched alkanes of at least 4 members (excludes halogenated alkanes) is 3. The molecule has 0 aliphatic carbocycles. The predicted molar refractivity (Wildman–Crippen MR) is 108 cm³/mol. The molecule has 0 aliphatic rings. The molecule has 23 heavy (non-hydrogen) atoms. The molecule has 0 spiro atoms. The molecule has 0 aromatic heterocycles. The Morgan fingerprint density at radius 2 is 1.04 bits per heavy atom. The van der Waals surface area contributed by atoms with Crippen LogP contribution in [0, 0.1) is 0 Å². The van der Waals surface area contributed by atoms with Crippen molar-refractivity contribution in [2.75, 3.05) is 37.9 Å². The number of hydrogen-bond donors (Lipinski definition) is 0. The first-order chi connectivity index (χ1) is 11.0. The molecule has 0 amide bonds. The van der Waals surface area contributed by atoms with Crippen molar-refractivity contribution in [1.82, 2.24) is 0 Å². The first-order valence-corrected chi connectivity index (χ1v) is 13.8. The molecule has 0 N–H and O–H groups in total. The van der Waals surface area contributed by atoms with E-state index in [4.69, 9.17) is 13.4 Å². The Hall–Kier alpha value is 0.740. The fraction of sp³-hybridized carbons (Fsp3) is 1.00. The van der Waals surface area contributed by atoms with E-state index < -0.39 is 15.4 Å². The van der Waals surface area contributed by atoms with E-state index in [1.165, 1.54) is 63.2 Å². The van der Waals surface area contributed by atoms with E-state index in [9.17, 15) is 0 Å². The Morgan fingerprint density at radius 3 is 1.30 bits per heavy atom. The van der Waals surface area contributed by atoms with Gasteiger partial charge in [0.1, 0.15) is 0 Å². The van der Waals surface area contributed by atoms with Crippen LogP contribution in [-0.2, 0) is 13.4 Å². The van der Waals surface area contributed by atoms with Crippen molar-refractivity contribution in [1.29, 1.82) is 0 Å². The van der Waals surface area contributed by atoms with Gasteiger partial charge in [-0.2, -0.15) is 0 Å². The zero-order chi connectivity index (χ0) is 17.6.